The van der Waals surface area contributed by atoms with Gasteiger partial charge in [-0.15, -0.1) is 11.3 Å². The number of nitrogens with one attached hydrogen (secondary N) is 1. The van der Waals surface area contributed by atoms with Gasteiger partial charge in [0.05, 0.1) is 24.3 Å². The number of methoxy groups -OCH3 is 1. The number of benzene rings is 1. The Morgan fingerprint density at radius 2 is 1.84 bits per heavy atom. The summed E-state index contributed by atoms with van der Waals surface area (Å²) in [7, 11) is 1.63. The number of rotatable bonds is 8. The summed E-state index contributed by atoms with van der Waals surface area (Å²) in [6, 6.07) is 7.59. The minimum atomic E-state index is -0.112. The first-order chi connectivity index (χ1) is 15.1. The van der Waals surface area contributed by atoms with Gasteiger partial charge in [-0.05, 0) is 56.9 Å². The highest BCUT2D eigenvalue weighted by Gasteiger charge is 2.21. The van der Waals surface area contributed by atoms with Gasteiger partial charge >= 0.3 is 0 Å². The highest BCUT2D eigenvalue weighted by molar-refractivity contribution is 7.99. The molecule has 0 saturated heterocycles. The first kappa shape index (κ1) is 24.3. The molecule has 1 amide bonds. The van der Waals surface area contributed by atoms with Crippen LogP contribution in [0, 0.1) is 19.8 Å². The second kappa shape index (κ2) is 10.1. The summed E-state index contributed by atoms with van der Waals surface area (Å²) in [6.45, 7) is 12.1. The van der Waals surface area contributed by atoms with Gasteiger partial charge in [0.1, 0.15) is 10.6 Å². The number of thioether (sulfide) groups is 1. The van der Waals surface area contributed by atoms with E-state index in [1.807, 2.05) is 52.0 Å². The van der Waals surface area contributed by atoms with E-state index in [1.165, 1.54) is 23.1 Å². The minimum absolute atomic E-state index is 0.0342. The van der Waals surface area contributed by atoms with Crippen LogP contribution in [0.15, 0.2) is 34.2 Å². The molecule has 6 nitrogen and oxygen atoms in total. The summed E-state index contributed by atoms with van der Waals surface area (Å²) in [6.07, 6.45) is 0. The Hall–Kier alpha value is -2.32. The number of aryl methyl sites for hydroxylation is 2. The molecule has 2 heterocycles. The predicted octanol–water partition coefficient (Wildman–Crippen LogP) is 5.27. The van der Waals surface area contributed by atoms with Crippen LogP contribution in [0.4, 0.5) is 0 Å². The fourth-order valence-corrected chi connectivity index (χ4v) is 5.65. The third kappa shape index (κ3) is 5.02. The van der Waals surface area contributed by atoms with Gasteiger partial charge in [-0.25, -0.2) is 4.98 Å². The number of nitrogens with zero attached hydrogens (tertiary/aromatic N) is 2. The molecule has 8 heteroatoms. The van der Waals surface area contributed by atoms with Gasteiger partial charge in [-0.2, -0.15) is 0 Å². The number of ether oxygens (including phenoxy) is 1. The van der Waals surface area contributed by atoms with Crippen molar-refractivity contribution < 1.29 is 9.53 Å². The fraction of sp³-hybridized carbons (Fsp3) is 0.458. The van der Waals surface area contributed by atoms with Crippen LogP contribution in [0.3, 0.4) is 0 Å². The number of aromatic nitrogens is 2. The van der Waals surface area contributed by atoms with Gasteiger partial charge in [0.25, 0.3) is 5.56 Å². The van der Waals surface area contributed by atoms with E-state index < -0.39 is 0 Å². The molecule has 1 unspecified atom stereocenters. The summed E-state index contributed by atoms with van der Waals surface area (Å²) >= 11 is 2.84. The molecule has 0 fully saturated rings. The van der Waals surface area contributed by atoms with Crippen molar-refractivity contribution in [3.05, 3.63) is 50.6 Å². The lowest BCUT2D eigenvalue weighted by Crippen LogP contribution is -2.33. The van der Waals surface area contributed by atoms with Crippen LogP contribution in [-0.2, 0) is 4.79 Å². The van der Waals surface area contributed by atoms with Crippen molar-refractivity contribution >= 4 is 39.2 Å². The number of carbonyl (C=O) groups excluding carboxylic acids is 1. The predicted molar refractivity (Wildman–Crippen MR) is 133 cm³/mol. The zero-order valence-corrected chi connectivity index (χ0v) is 21.3. The van der Waals surface area contributed by atoms with E-state index in [4.69, 9.17) is 9.72 Å². The van der Waals surface area contributed by atoms with Crippen LogP contribution in [0.2, 0.25) is 0 Å². The molecule has 0 spiro atoms. The number of thiophene rings is 1. The molecule has 0 radical (unpaired) electrons. The molecule has 172 valence electrons. The van der Waals surface area contributed by atoms with Crippen LogP contribution < -0.4 is 15.6 Å². The molecular weight excluding hydrogens is 442 g/mol. The standard InChI is InChI=1S/C24H31N3O3S2/c1-13(2)21(17-8-10-18(30-7)11-9-17)25-19(28)12-31-24-26-22-20(15(5)16(6)32-22)23(29)27(24)14(3)4/h8-11,13-14,21H,12H2,1-7H3,(H,25,28). The molecule has 0 aliphatic rings. The van der Waals surface area contributed by atoms with Gasteiger partial charge in [0, 0.05) is 10.9 Å². The Morgan fingerprint density at radius 3 is 2.41 bits per heavy atom. The van der Waals surface area contributed by atoms with Crippen LogP contribution in [0.25, 0.3) is 10.2 Å². The molecule has 0 saturated carbocycles. The summed E-state index contributed by atoms with van der Waals surface area (Å²) in [5.41, 5.74) is 1.99. The second-order valence-corrected chi connectivity index (χ2v) is 10.6. The number of hydrogen-bond acceptors (Lipinski definition) is 6. The van der Waals surface area contributed by atoms with E-state index in [2.05, 4.69) is 19.2 Å². The zero-order chi connectivity index (χ0) is 23.6. The SMILES string of the molecule is COc1ccc(C(NC(=O)CSc2nc3sc(C)c(C)c3c(=O)n2C(C)C)C(C)C)cc1. The average molecular weight is 474 g/mol. The maximum atomic E-state index is 13.2. The molecular formula is C24H31N3O3S2. The number of carbonyl (C=O) groups is 1. The molecule has 1 N–H and O–H groups in total. The van der Waals surface area contributed by atoms with E-state index >= 15 is 0 Å². The molecule has 1 aromatic carbocycles. The quantitative estimate of drug-likeness (QED) is 0.356. The van der Waals surface area contributed by atoms with Crippen molar-refractivity contribution in [1.29, 1.82) is 0 Å². The normalized spacial score (nSPS) is 12.5. The Kier molecular flexibility index (Phi) is 7.67. The maximum absolute atomic E-state index is 13.2. The fourth-order valence-electron chi connectivity index (χ4n) is 3.64. The van der Waals surface area contributed by atoms with Crippen molar-refractivity contribution in [2.24, 2.45) is 5.92 Å². The van der Waals surface area contributed by atoms with Crippen molar-refractivity contribution in [2.75, 3.05) is 12.9 Å². The average Bonchev–Trinajstić information content (AvgIpc) is 3.03. The molecule has 32 heavy (non-hydrogen) atoms. The van der Waals surface area contributed by atoms with Gasteiger partial charge < -0.3 is 10.1 Å². The lowest BCUT2D eigenvalue weighted by Gasteiger charge is -2.23. The largest absolute Gasteiger partial charge is 0.497 e. The summed E-state index contributed by atoms with van der Waals surface area (Å²) in [4.78, 5) is 32.6. The monoisotopic (exact) mass is 473 g/mol. The lowest BCUT2D eigenvalue weighted by atomic mass is 9.96. The Balaban J connectivity index is 1.81. The summed E-state index contributed by atoms with van der Waals surface area (Å²) in [5.74, 6) is 1.10. The number of fused-ring (bicyclic) bond motifs is 1. The van der Waals surface area contributed by atoms with Crippen molar-refractivity contribution in [3.63, 3.8) is 0 Å². The maximum Gasteiger partial charge on any atom is 0.263 e. The van der Waals surface area contributed by atoms with E-state index in [1.54, 1.807) is 11.7 Å². The van der Waals surface area contributed by atoms with E-state index in [-0.39, 0.29) is 35.2 Å². The number of amides is 1. The molecule has 0 aliphatic heterocycles. The number of hydrogen-bond donors (Lipinski definition) is 1. The Labute approximate surface area is 197 Å². The van der Waals surface area contributed by atoms with Gasteiger partial charge in [-0.3, -0.25) is 14.2 Å². The molecule has 0 bridgehead atoms. The van der Waals surface area contributed by atoms with Crippen molar-refractivity contribution in [3.8, 4) is 5.75 Å². The van der Waals surface area contributed by atoms with Crippen LogP contribution in [0.1, 0.15) is 55.8 Å². The van der Waals surface area contributed by atoms with Crippen LogP contribution in [-0.4, -0.2) is 28.3 Å². The van der Waals surface area contributed by atoms with Gasteiger partial charge in [0.2, 0.25) is 5.91 Å². The summed E-state index contributed by atoms with van der Waals surface area (Å²) in [5, 5.41) is 4.41. The zero-order valence-electron chi connectivity index (χ0n) is 19.7. The topological polar surface area (TPSA) is 73.2 Å². The first-order valence-corrected chi connectivity index (χ1v) is 12.5. The highest BCUT2D eigenvalue weighted by Crippen LogP contribution is 2.30. The van der Waals surface area contributed by atoms with Gasteiger partial charge in [0.15, 0.2) is 5.16 Å². The first-order valence-electron chi connectivity index (χ1n) is 10.7. The lowest BCUT2D eigenvalue weighted by molar-refractivity contribution is -0.119. The molecule has 1 atom stereocenters. The molecule has 2 aromatic heterocycles. The Morgan fingerprint density at radius 1 is 1.19 bits per heavy atom. The van der Waals surface area contributed by atoms with Crippen LogP contribution >= 0.6 is 23.1 Å². The van der Waals surface area contributed by atoms with Gasteiger partial charge in [-0.1, -0.05) is 37.7 Å². The van der Waals surface area contributed by atoms with Crippen molar-refractivity contribution in [2.45, 2.75) is 58.8 Å². The molecule has 3 rings (SSSR count). The van der Waals surface area contributed by atoms with E-state index in [0.717, 1.165) is 26.6 Å². The third-order valence-electron chi connectivity index (χ3n) is 5.51. The Bertz CT molecular complexity index is 1160. The molecule has 0 aliphatic carbocycles. The molecule has 3 aromatic rings. The smallest absolute Gasteiger partial charge is 0.263 e. The third-order valence-corrected chi connectivity index (χ3v) is 7.56. The second-order valence-electron chi connectivity index (χ2n) is 8.48. The summed E-state index contributed by atoms with van der Waals surface area (Å²) < 4.78 is 6.93. The minimum Gasteiger partial charge on any atom is -0.497 e. The van der Waals surface area contributed by atoms with Crippen molar-refractivity contribution in [1.82, 2.24) is 14.9 Å². The van der Waals surface area contributed by atoms with Crippen LogP contribution in [0.5, 0.6) is 5.75 Å². The highest BCUT2D eigenvalue weighted by atomic mass is 32.2. The van der Waals surface area contributed by atoms with E-state index in [0.29, 0.717) is 10.5 Å². The van der Waals surface area contributed by atoms with E-state index in [9.17, 15) is 9.59 Å².